The fourth-order valence-electron chi connectivity index (χ4n) is 16.1. The second-order valence-corrected chi connectivity index (χ2v) is 21.2. The molecule has 288 valence electrons. The molecule has 7 heteroatoms. The molecule has 1 aromatic rings. The molecule has 5 aliphatic carbocycles. The first kappa shape index (κ1) is 36.8. The van der Waals surface area contributed by atoms with Crippen LogP contribution in [0.3, 0.4) is 0 Å². The maximum Gasteiger partial charge on any atom is 0.302 e. The standard InChI is InChI=1S/C45H70N4O3/c1-26(2)33-16-21-45(40(51)49-30-12-13-31(49)25-32(24-30)48-28(5)46-47-39(48)27(3)4)23-22-43(10)34(38(33)45)14-15-36-42(9)19-18-37(52-29(6)50)41(7,8)35(42)17-20-44(36,43)11/h27,30-38H,1,12-25H2,2-11H3/t30?,31?,32?,33-,34+,35-,36+,37-,38+,42-,43+,44+,45?/m0/s1. The molecule has 7 aliphatic rings. The first-order valence-corrected chi connectivity index (χ1v) is 21.5. The molecule has 5 saturated carbocycles. The van der Waals surface area contributed by atoms with Crippen molar-refractivity contribution >= 4 is 11.9 Å². The van der Waals surface area contributed by atoms with Crippen molar-refractivity contribution in [2.45, 2.75) is 189 Å². The summed E-state index contributed by atoms with van der Waals surface area (Å²) in [6.45, 7) is 27.8. The van der Waals surface area contributed by atoms with E-state index in [2.05, 4.69) is 88.6 Å². The fraction of sp³-hybridized carbons (Fsp3) is 0.867. The van der Waals surface area contributed by atoms with Crippen molar-refractivity contribution in [2.75, 3.05) is 0 Å². The van der Waals surface area contributed by atoms with Crippen LogP contribution in [0.15, 0.2) is 12.2 Å². The van der Waals surface area contributed by atoms with Crippen LogP contribution in [0.5, 0.6) is 0 Å². The van der Waals surface area contributed by atoms with Crippen LogP contribution in [-0.4, -0.2) is 49.7 Å². The topological polar surface area (TPSA) is 77.3 Å². The van der Waals surface area contributed by atoms with Crippen molar-refractivity contribution in [3.05, 3.63) is 23.8 Å². The number of amides is 1. The number of carbonyl (C=O) groups is 2. The van der Waals surface area contributed by atoms with E-state index in [0.29, 0.717) is 59.5 Å². The minimum Gasteiger partial charge on any atom is -0.462 e. The average molecular weight is 715 g/mol. The quantitative estimate of drug-likeness (QED) is 0.224. The van der Waals surface area contributed by atoms with E-state index < -0.39 is 0 Å². The monoisotopic (exact) mass is 715 g/mol. The van der Waals surface area contributed by atoms with Gasteiger partial charge in [0.1, 0.15) is 17.8 Å². The number of nitrogens with zero attached hydrogens (tertiary/aromatic N) is 4. The molecule has 3 heterocycles. The van der Waals surface area contributed by atoms with Crippen LogP contribution in [0.2, 0.25) is 0 Å². The van der Waals surface area contributed by atoms with Crippen LogP contribution >= 0.6 is 0 Å². The highest BCUT2D eigenvalue weighted by Gasteiger charge is 2.72. The number of aryl methyl sites for hydroxylation is 1. The summed E-state index contributed by atoms with van der Waals surface area (Å²) < 4.78 is 8.43. The van der Waals surface area contributed by atoms with Gasteiger partial charge < -0.3 is 14.2 Å². The Labute approximate surface area is 314 Å². The number of rotatable bonds is 5. The summed E-state index contributed by atoms with van der Waals surface area (Å²) in [6.07, 6.45) is 15.7. The van der Waals surface area contributed by atoms with E-state index in [0.717, 1.165) is 69.4 Å². The minimum atomic E-state index is -0.259. The van der Waals surface area contributed by atoms with Gasteiger partial charge in [0.15, 0.2) is 0 Å². The summed E-state index contributed by atoms with van der Waals surface area (Å²) in [5, 5.41) is 9.10. The van der Waals surface area contributed by atoms with Gasteiger partial charge >= 0.3 is 5.97 Å². The van der Waals surface area contributed by atoms with Gasteiger partial charge in [-0.2, -0.15) is 0 Å². The normalized spacial score (nSPS) is 46.2. The number of hydrogen-bond donors (Lipinski definition) is 0. The van der Waals surface area contributed by atoms with Crippen molar-refractivity contribution in [1.82, 2.24) is 19.7 Å². The van der Waals surface area contributed by atoms with Gasteiger partial charge in [-0.15, -0.1) is 10.2 Å². The summed E-state index contributed by atoms with van der Waals surface area (Å²) in [6, 6.07) is 1.02. The molecular weight excluding hydrogens is 645 g/mol. The Kier molecular flexibility index (Phi) is 8.60. The first-order valence-electron chi connectivity index (χ1n) is 21.5. The predicted octanol–water partition coefficient (Wildman–Crippen LogP) is 9.99. The summed E-state index contributed by atoms with van der Waals surface area (Å²) in [7, 11) is 0. The maximum atomic E-state index is 15.6. The molecule has 1 aromatic heterocycles. The zero-order valence-electron chi connectivity index (χ0n) is 34.4. The van der Waals surface area contributed by atoms with Gasteiger partial charge in [0.2, 0.25) is 5.91 Å². The van der Waals surface area contributed by atoms with Gasteiger partial charge in [0.05, 0.1) is 5.41 Å². The second kappa shape index (κ2) is 12.2. The summed E-state index contributed by atoms with van der Waals surface area (Å²) >= 11 is 0. The molecule has 7 fully saturated rings. The van der Waals surface area contributed by atoms with Crippen LogP contribution in [0.4, 0.5) is 0 Å². The Balaban J connectivity index is 1.09. The van der Waals surface area contributed by atoms with E-state index in [-0.39, 0.29) is 39.1 Å². The van der Waals surface area contributed by atoms with Crippen LogP contribution in [0, 0.1) is 63.6 Å². The third-order valence-electron chi connectivity index (χ3n) is 18.5. The molecule has 7 nitrogen and oxygen atoms in total. The Hall–Kier alpha value is -2.18. The van der Waals surface area contributed by atoms with Crippen molar-refractivity contribution < 1.29 is 14.3 Å². The average Bonchev–Trinajstić information content (AvgIpc) is 3.74. The smallest absolute Gasteiger partial charge is 0.302 e. The van der Waals surface area contributed by atoms with Gasteiger partial charge in [-0.25, -0.2) is 0 Å². The number of ether oxygens (including phenoxy) is 1. The number of esters is 1. The molecule has 2 saturated heterocycles. The Morgan fingerprint density at radius 2 is 1.48 bits per heavy atom. The molecule has 0 spiro atoms. The van der Waals surface area contributed by atoms with Crippen LogP contribution in [-0.2, 0) is 14.3 Å². The lowest BCUT2D eigenvalue weighted by atomic mass is 9.32. The molecule has 0 aromatic carbocycles. The van der Waals surface area contributed by atoms with Crippen molar-refractivity contribution in [3.63, 3.8) is 0 Å². The molecule has 8 rings (SSSR count). The van der Waals surface area contributed by atoms with Crippen molar-refractivity contribution in [2.24, 2.45) is 56.7 Å². The van der Waals surface area contributed by atoms with Gasteiger partial charge in [-0.05, 0) is 150 Å². The third kappa shape index (κ3) is 4.86. The molecule has 52 heavy (non-hydrogen) atoms. The molecule has 2 bridgehead atoms. The summed E-state index contributed by atoms with van der Waals surface area (Å²) in [5.74, 6) is 5.40. The molecule has 3 unspecified atom stereocenters. The molecule has 12 atom stereocenters. The maximum absolute atomic E-state index is 15.6. The predicted molar refractivity (Wildman–Crippen MR) is 205 cm³/mol. The van der Waals surface area contributed by atoms with Crippen LogP contribution in [0.1, 0.15) is 176 Å². The minimum absolute atomic E-state index is 0.00809. The zero-order valence-corrected chi connectivity index (χ0v) is 34.4. The molecular formula is C45H70N4O3. The van der Waals surface area contributed by atoms with E-state index in [9.17, 15) is 4.79 Å². The molecule has 0 N–H and O–H groups in total. The van der Waals surface area contributed by atoms with E-state index in [4.69, 9.17) is 4.74 Å². The number of carbonyl (C=O) groups excluding carboxylic acids is 2. The van der Waals surface area contributed by atoms with E-state index in [1.54, 1.807) is 6.92 Å². The SMILES string of the molecule is C=C(C)[C@@H]1CCC2(C(=O)N3C4CCC3CC(n3c(C)nnc3C(C)C)C4)CC[C@]3(C)[C@H](CC[C@@H]4[C@@]5(C)CC[C@H](OC(C)=O)C(C)(C)[C@@H]5CC[C@]43C)[C@@H]12. The number of allylic oxidation sites excluding steroid dienone is 1. The number of fused-ring (bicyclic) bond motifs is 9. The lowest BCUT2D eigenvalue weighted by molar-refractivity contribution is -0.250. The van der Waals surface area contributed by atoms with Gasteiger partial charge in [-0.1, -0.05) is 60.6 Å². The fourth-order valence-corrected chi connectivity index (χ4v) is 16.1. The number of aromatic nitrogens is 3. The molecule has 1 amide bonds. The Bertz CT molecular complexity index is 1620. The van der Waals surface area contributed by atoms with E-state index >= 15 is 4.79 Å². The van der Waals surface area contributed by atoms with Crippen LogP contribution < -0.4 is 0 Å². The van der Waals surface area contributed by atoms with Crippen LogP contribution in [0.25, 0.3) is 0 Å². The lowest BCUT2D eigenvalue weighted by Gasteiger charge is -2.73. The summed E-state index contributed by atoms with van der Waals surface area (Å²) in [4.78, 5) is 30.2. The third-order valence-corrected chi connectivity index (χ3v) is 18.5. The van der Waals surface area contributed by atoms with E-state index in [1.807, 2.05) is 0 Å². The Morgan fingerprint density at radius 1 is 0.788 bits per heavy atom. The highest BCUT2D eigenvalue weighted by Crippen LogP contribution is 2.78. The second-order valence-electron chi connectivity index (χ2n) is 21.2. The Morgan fingerprint density at radius 3 is 2.12 bits per heavy atom. The number of piperidine rings is 1. The number of hydrogen-bond acceptors (Lipinski definition) is 5. The zero-order chi connectivity index (χ0) is 37.3. The highest BCUT2D eigenvalue weighted by molar-refractivity contribution is 5.85. The van der Waals surface area contributed by atoms with Gasteiger partial charge in [-0.3, -0.25) is 9.59 Å². The summed E-state index contributed by atoms with van der Waals surface area (Å²) in [5.41, 5.74) is 1.67. The van der Waals surface area contributed by atoms with Gasteiger partial charge in [0, 0.05) is 36.4 Å². The van der Waals surface area contributed by atoms with Crippen molar-refractivity contribution in [1.29, 1.82) is 0 Å². The molecule has 0 radical (unpaired) electrons. The van der Waals surface area contributed by atoms with Crippen molar-refractivity contribution in [3.8, 4) is 0 Å². The molecule has 2 aliphatic heterocycles. The largest absolute Gasteiger partial charge is 0.462 e. The highest BCUT2D eigenvalue weighted by atomic mass is 16.5. The first-order chi connectivity index (χ1) is 24.4. The lowest BCUT2D eigenvalue weighted by Crippen LogP contribution is -2.68. The van der Waals surface area contributed by atoms with E-state index in [1.165, 1.54) is 37.7 Å². The van der Waals surface area contributed by atoms with Gasteiger partial charge in [0.25, 0.3) is 0 Å².